The first-order valence-electron chi connectivity index (χ1n) is 9.44. The van der Waals surface area contributed by atoms with Gasteiger partial charge < -0.3 is 25.4 Å². The van der Waals surface area contributed by atoms with Gasteiger partial charge >= 0.3 is 12.2 Å². The average molecular weight is 402 g/mol. The maximum absolute atomic E-state index is 12.8. The number of carboxylic acid groups (broad SMARTS) is 1. The number of ether oxygens (including phenoxy) is 1. The van der Waals surface area contributed by atoms with E-state index in [9.17, 15) is 19.6 Å². The van der Waals surface area contributed by atoms with E-state index in [0.717, 1.165) is 10.5 Å². The van der Waals surface area contributed by atoms with Gasteiger partial charge in [0.15, 0.2) is 6.10 Å². The van der Waals surface area contributed by atoms with E-state index in [1.807, 2.05) is 50.2 Å². The third-order valence-corrected chi connectivity index (χ3v) is 4.62. The van der Waals surface area contributed by atoms with Gasteiger partial charge in [-0.25, -0.2) is 9.59 Å². The van der Waals surface area contributed by atoms with Gasteiger partial charge in [-0.05, 0) is 17.9 Å². The summed E-state index contributed by atoms with van der Waals surface area (Å²) >= 11 is 0. The van der Waals surface area contributed by atoms with Gasteiger partial charge in [0.2, 0.25) is 0 Å². The topological polar surface area (TPSA) is 132 Å². The summed E-state index contributed by atoms with van der Waals surface area (Å²) in [5.41, 5.74) is -0.438. The Bertz CT molecular complexity index is 777. The lowest BCUT2D eigenvalue weighted by atomic mass is 9.99. The van der Waals surface area contributed by atoms with E-state index in [4.69, 9.17) is 9.84 Å². The van der Waals surface area contributed by atoms with E-state index in [2.05, 4.69) is 10.6 Å². The second kappa shape index (κ2) is 9.78. The molecule has 1 aliphatic heterocycles. The molecular weight excluding hydrogens is 376 g/mol. The highest BCUT2D eigenvalue weighted by molar-refractivity contribution is 5.84. The van der Waals surface area contributed by atoms with Crippen LogP contribution < -0.4 is 10.6 Å². The molecule has 3 amide bonds. The van der Waals surface area contributed by atoms with Crippen molar-refractivity contribution in [2.24, 2.45) is 5.92 Å². The number of alkyl carbamates (subject to hydrolysis) is 1. The van der Waals surface area contributed by atoms with Crippen molar-refractivity contribution in [1.82, 2.24) is 15.5 Å². The van der Waals surface area contributed by atoms with Gasteiger partial charge in [0.25, 0.3) is 5.91 Å². The summed E-state index contributed by atoms with van der Waals surface area (Å²) in [5.74, 6) is -0.549. The molecule has 1 saturated heterocycles. The van der Waals surface area contributed by atoms with Crippen LogP contribution in [-0.2, 0) is 16.1 Å². The van der Waals surface area contributed by atoms with Gasteiger partial charge in [-0.3, -0.25) is 4.79 Å². The Hall–Kier alpha value is -3.28. The summed E-state index contributed by atoms with van der Waals surface area (Å²) in [6.45, 7) is 4.04. The normalized spacial score (nSPS) is 19.3. The lowest BCUT2D eigenvalue weighted by Gasteiger charge is -2.26. The number of amides is 3. The van der Waals surface area contributed by atoms with Crippen molar-refractivity contribution in [3.8, 4) is 6.07 Å². The van der Waals surface area contributed by atoms with Crippen LogP contribution in [0.25, 0.3) is 0 Å². The Labute approximate surface area is 169 Å². The van der Waals surface area contributed by atoms with Crippen molar-refractivity contribution >= 4 is 18.1 Å². The Morgan fingerprint density at radius 3 is 2.55 bits per heavy atom. The highest BCUT2D eigenvalue weighted by Crippen LogP contribution is 2.22. The summed E-state index contributed by atoms with van der Waals surface area (Å²) in [6.07, 6.45) is -2.52. The van der Waals surface area contributed by atoms with Crippen molar-refractivity contribution in [3.63, 3.8) is 0 Å². The van der Waals surface area contributed by atoms with Gasteiger partial charge in [-0.15, -0.1) is 0 Å². The summed E-state index contributed by atoms with van der Waals surface area (Å²) in [7, 11) is 0. The van der Waals surface area contributed by atoms with Gasteiger partial charge in [-0.1, -0.05) is 44.2 Å². The minimum Gasteiger partial charge on any atom is -0.465 e. The molecule has 9 heteroatoms. The molecule has 1 fully saturated rings. The van der Waals surface area contributed by atoms with Crippen LogP contribution in [0.1, 0.15) is 32.3 Å². The molecule has 0 spiro atoms. The van der Waals surface area contributed by atoms with E-state index in [1.165, 1.54) is 0 Å². The number of nitrogens with zero attached hydrogens (tertiary/aromatic N) is 2. The second-order valence-electron chi connectivity index (χ2n) is 7.50. The Balaban J connectivity index is 1.99. The number of carbonyl (C=O) groups is 3. The van der Waals surface area contributed by atoms with Gasteiger partial charge in [-0.2, -0.15) is 5.26 Å². The van der Waals surface area contributed by atoms with Gasteiger partial charge in [0, 0.05) is 19.5 Å². The molecule has 9 nitrogen and oxygen atoms in total. The highest BCUT2D eigenvalue weighted by Gasteiger charge is 2.43. The smallest absolute Gasteiger partial charge is 0.408 e. The monoisotopic (exact) mass is 402 g/mol. The van der Waals surface area contributed by atoms with Crippen molar-refractivity contribution in [1.29, 1.82) is 5.26 Å². The number of rotatable bonds is 7. The number of nitrogens with one attached hydrogen (secondary N) is 2. The van der Waals surface area contributed by atoms with E-state index in [0.29, 0.717) is 0 Å². The molecule has 29 heavy (non-hydrogen) atoms. The lowest BCUT2D eigenvalue weighted by Crippen LogP contribution is -2.54. The molecule has 0 bridgehead atoms. The first-order chi connectivity index (χ1) is 13.7. The molecule has 3 N–H and O–H groups in total. The zero-order valence-electron chi connectivity index (χ0n) is 16.6. The molecule has 0 aliphatic carbocycles. The SMILES string of the molecule is CC(C)CC(OC(=O)NCc1ccccc1)C(=O)NC1(C#N)CCN(C(=O)O)C1. The lowest BCUT2D eigenvalue weighted by molar-refractivity contribution is -0.131. The van der Waals surface area contributed by atoms with E-state index in [-0.39, 0.29) is 38.4 Å². The molecule has 0 aromatic heterocycles. The van der Waals surface area contributed by atoms with Crippen molar-refractivity contribution in [2.45, 2.75) is 44.9 Å². The van der Waals surface area contributed by atoms with Crippen molar-refractivity contribution in [3.05, 3.63) is 35.9 Å². The van der Waals surface area contributed by atoms with Crippen LogP contribution in [0.3, 0.4) is 0 Å². The minimum absolute atomic E-state index is 0.0600. The molecule has 1 heterocycles. The molecule has 1 aliphatic rings. The van der Waals surface area contributed by atoms with Gasteiger partial charge in [0.05, 0.1) is 12.6 Å². The quantitative estimate of drug-likeness (QED) is 0.640. The van der Waals surface area contributed by atoms with Crippen LogP contribution in [-0.4, -0.2) is 52.8 Å². The first kappa shape index (κ1) is 22.0. The zero-order valence-corrected chi connectivity index (χ0v) is 16.6. The number of carbonyl (C=O) groups excluding carboxylic acids is 2. The van der Waals surface area contributed by atoms with Gasteiger partial charge in [0.1, 0.15) is 5.54 Å². The summed E-state index contributed by atoms with van der Waals surface area (Å²) in [5, 5.41) is 23.8. The predicted octanol–water partition coefficient (Wildman–Crippen LogP) is 2.09. The molecule has 2 rings (SSSR count). The van der Waals surface area contributed by atoms with Crippen LogP contribution in [0.2, 0.25) is 0 Å². The van der Waals surface area contributed by atoms with Crippen molar-refractivity contribution in [2.75, 3.05) is 13.1 Å². The number of hydrogen-bond acceptors (Lipinski definition) is 5. The van der Waals surface area contributed by atoms with Crippen LogP contribution in [0.15, 0.2) is 30.3 Å². The molecule has 1 aromatic carbocycles. The second-order valence-corrected chi connectivity index (χ2v) is 7.50. The molecule has 0 radical (unpaired) electrons. The summed E-state index contributed by atoms with van der Waals surface area (Å²) in [6, 6.07) is 11.3. The number of hydrogen-bond donors (Lipinski definition) is 3. The van der Waals surface area contributed by atoms with Crippen LogP contribution >= 0.6 is 0 Å². The highest BCUT2D eigenvalue weighted by atomic mass is 16.6. The van der Waals surface area contributed by atoms with Crippen LogP contribution in [0, 0.1) is 17.2 Å². The first-order valence-corrected chi connectivity index (χ1v) is 9.44. The van der Waals surface area contributed by atoms with E-state index >= 15 is 0 Å². The summed E-state index contributed by atoms with van der Waals surface area (Å²) < 4.78 is 5.32. The largest absolute Gasteiger partial charge is 0.465 e. The molecule has 0 saturated carbocycles. The molecule has 2 atom stereocenters. The van der Waals surface area contributed by atoms with Crippen LogP contribution in [0.5, 0.6) is 0 Å². The fourth-order valence-electron chi connectivity index (χ4n) is 3.09. The third kappa shape index (κ3) is 6.38. The predicted molar refractivity (Wildman–Crippen MR) is 104 cm³/mol. The molecular formula is C20H26N4O5. The number of nitriles is 1. The van der Waals surface area contributed by atoms with Crippen molar-refractivity contribution < 1.29 is 24.2 Å². The molecule has 156 valence electrons. The minimum atomic E-state index is -1.32. The van der Waals surface area contributed by atoms with E-state index < -0.39 is 29.7 Å². The maximum atomic E-state index is 12.8. The zero-order chi connectivity index (χ0) is 21.4. The molecule has 1 aromatic rings. The molecule has 2 unspecified atom stereocenters. The van der Waals surface area contributed by atoms with E-state index in [1.54, 1.807) is 0 Å². The number of likely N-dealkylation sites (tertiary alicyclic amines) is 1. The maximum Gasteiger partial charge on any atom is 0.408 e. The third-order valence-electron chi connectivity index (χ3n) is 4.62. The Morgan fingerprint density at radius 2 is 2.00 bits per heavy atom. The van der Waals surface area contributed by atoms with Crippen LogP contribution in [0.4, 0.5) is 9.59 Å². The Morgan fingerprint density at radius 1 is 1.31 bits per heavy atom. The fourth-order valence-corrected chi connectivity index (χ4v) is 3.09. The standard InChI is InChI=1S/C20H26N4O5/c1-14(2)10-16(29-18(26)22-11-15-6-4-3-5-7-15)17(25)23-20(12-21)8-9-24(13-20)19(27)28/h3-7,14,16H,8-11,13H2,1-2H3,(H,22,26)(H,23,25)(H,27,28). The number of benzene rings is 1. The average Bonchev–Trinajstić information content (AvgIpc) is 3.11. The fraction of sp³-hybridized carbons (Fsp3) is 0.500. The Kier molecular flexibility index (Phi) is 7.42. The summed E-state index contributed by atoms with van der Waals surface area (Å²) in [4.78, 5) is 37.1.